The highest BCUT2D eigenvalue weighted by Gasteiger charge is 2.19. The van der Waals surface area contributed by atoms with Crippen LogP contribution in [-0.4, -0.2) is 54.0 Å². The van der Waals surface area contributed by atoms with E-state index in [4.69, 9.17) is 4.74 Å². The van der Waals surface area contributed by atoms with E-state index >= 15 is 0 Å². The highest BCUT2D eigenvalue weighted by Crippen LogP contribution is 2.16. The fourth-order valence-electron chi connectivity index (χ4n) is 1.88. The average molecular weight is 356 g/mol. The Morgan fingerprint density at radius 3 is 2.62 bits per heavy atom. The summed E-state index contributed by atoms with van der Waals surface area (Å²) in [6.07, 6.45) is 1.66. The summed E-state index contributed by atoms with van der Waals surface area (Å²) in [6, 6.07) is -0.484. The minimum absolute atomic E-state index is 0.120. The number of nitrogens with one attached hydrogen (secondary N) is 2. The molecule has 1 aromatic heterocycles. The molecule has 24 heavy (non-hydrogen) atoms. The van der Waals surface area contributed by atoms with Crippen LogP contribution in [0.15, 0.2) is 6.20 Å². The van der Waals surface area contributed by atoms with Gasteiger partial charge in [-0.15, -0.1) is 11.3 Å². The van der Waals surface area contributed by atoms with Gasteiger partial charge in [0.15, 0.2) is 5.13 Å². The number of carbonyl (C=O) groups is 3. The van der Waals surface area contributed by atoms with Crippen LogP contribution in [-0.2, 0) is 14.3 Å². The number of amides is 3. The Morgan fingerprint density at radius 1 is 1.38 bits per heavy atom. The van der Waals surface area contributed by atoms with E-state index < -0.39 is 12.0 Å². The highest BCUT2D eigenvalue weighted by molar-refractivity contribution is 7.15. The molecule has 1 aromatic rings. The molecule has 3 amide bonds. The maximum atomic E-state index is 12.2. The summed E-state index contributed by atoms with van der Waals surface area (Å²) in [6.45, 7) is 7.75. The highest BCUT2D eigenvalue weighted by atomic mass is 32.1. The molecule has 0 atom stereocenters. The zero-order valence-electron chi connectivity index (χ0n) is 14.4. The normalized spacial score (nSPS) is 10.4. The number of aromatic nitrogens is 1. The van der Waals surface area contributed by atoms with Crippen LogP contribution in [0.1, 0.15) is 25.6 Å². The van der Waals surface area contributed by atoms with Gasteiger partial charge < -0.3 is 20.3 Å². The summed E-state index contributed by atoms with van der Waals surface area (Å²) in [5, 5.41) is 5.62. The third-order valence-electron chi connectivity index (χ3n) is 2.76. The topological polar surface area (TPSA) is 101 Å². The van der Waals surface area contributed by atoms with Crippen LogP contribution in [0, 0.1) is 12.8 Å². The van der Waals surface area contributed by atoms with Gasteiger partial charge in [0.1, 0.15) is 13.1 Å². The molecule has 0 saturated carbocycles. The van der Waals surface area contributed by atoms with Gasteiger partial charge in [-0.25, -0.2) is 9.78 Å². The summed E-state index contributed by atoms with van der Waals surface area (Å²) in [4.78, 5) is 42.0. The molecule has 0 aliphatic carbocycles. The first-order chi connectivity index (χ1) is 11.3. The fourth-order valence-corrected chi connectivity index (χ4v) is 2.56. The van der Waals surface area contributed by atoms with Gasteiger partial charge in [0, 0.05) is 17.6 Å². The predicted molar refractivity (Wildman–Crippen MR) is 91.9 cm³/mol. The van der Waals surface area contributed by atoms with Crippen molar-refractivity contribution in [2.75, 3.05) is 31.6 Å². The van der Waals surface area contributed by atoms with Crippen LogP contribution in [0.3, 0.4) is 0 Å². The third kappa shape index (κ3) is 7.40. The Hall–Kier alpha value is -2.16. The lowest BCUT2D eigenvalue weighted by atomic mass is 10.2. The van der Waals surface area contributed by atoms with Crippen molar-refractivity contribution >= 4 is 34.4 Å². The van der Waals surface area contributed by atoms with Crippen molar-refractivity contribution in [3.63, 3.8) is 0 Å². The molecular weight excluding hydrogens is 332 g/mol. The lowest BCUT2D eigenvalue weighted by molar-refractivity contribution is -0.141. The monoisotopic (exact) mass is 356 g/mol. The van der Waals surface area contributed by atoms with Gasteiger partial charge in [-0.3, -0.25) is 9.59 Å². The van der Waals surface area contributed by atoms with Crippen molar-refractivity contribution < 1.29 is 19.1 Å². The van der Waals surface area contributed by atoms with E-state index in [1.54, 1.807) is 13.1 Å². The quantitative estimate of drug-likeness (QED) is 0.689. The van der Waals surface area contributed by atoms with E-state index in [1.807, 2.05) is 20.8 Å². The van der Waals surface area contributed by atoms with E-state index in [0.29, 0.717) is 11.7 Å². The van der Waals surface area contributed by atoms with Gasteiger partial charge in [0.25, 0.3) is 0 Å². The second-order valence-corrected chi connectivity index (χ2v) is 6.80. The van der Waals surface area contributed by atoms with E-state index in [0.717, 1.165) is 4.88 Å². The molecule has 0 radical (unpaired) electrons. The predicted octanol–water partition coefficient (Wildman–Crippen LogP) is 1.62. The molecule has 8 nitrogen and oxygen atoms in total. The van der Waals surface area contributed by atoms with Gasteiger partial charge >= 0.3 is 12.0 Å². The van der Waals surface area contributed by atoms with Crippen molar-refractivity contribution in [2.45, 2.75) is 27.7 Å². The van der Waals surface area contributed by atoms with E-state index in [1.165, 1.54) is 16.2 Å². The molecule has 0 aliphatic rings. The van der Waals surface area contributed by atoms with Gasteiger partial charge in [-0.1, -0.05) is 13.8 Å². The summed E-state index contributed by atoms with van der Waals surface area (Å²) in [5.41, 5.74) is 0. The van der Waals surface area contributed by atoms with Crippen molar-refractivity contribution in [3.05, 3.63) is 11.1 Å². The van der Waals surface area contributed by atoms with Crippen LogP contribution in [0.4, 0.5) is 9.93 Å². The van der Waals surface area contributed by atoms with Gasteiger partial charge in [-0.05, 0) is 19.8 Å². The van der Waals surface area contributed by atoms with Gasteiger partial charge in [-0.2, -0.15) is 0 Å². The molecule has 9 heteroatoms. The molecule has 0 fully saturated rings. The Kier molecular flexibility index (Phi) is 8.17. The summed E-state index contributed by atoms with van der Waals surface area (Å²) < 4.78 is 4.76. The van der Waals surface area contributed by atoms with E-state index in [9.17, 15) is 14.4 Å². The number of urea groups is 1. The Bertz CT molecular complexity index is 574. The largest absolute Gasteiger partial charge is 0.465 e. The first-order valence-electron chi connectivity index (χ1n) is 7.72. The number of hydrogen-bond acceptors (Lipinski definition) is 6. The molecular formula is C15H24N4O4S. The zero-order valence-corrected chi connectivity index (χ0v) is 15.2. The number of esters is 1. The van der Waals surface area contributed by atoms with E-state index in [2.05, 4.69) is 15.6 Å². The number of carbonyl (C=O) groups excluding carboxylic acids is 3. The lowest BCUT2D eigenvalue weighted by Gasteiger charge is -2.24. The minimum Gasteiger partial charge on any atom is -0.465 e. The van der Waals surface area contributed by atoms with Crippen LogP contribution in [0.5, 0.6) is 0 Å². The second kappa shape index (κ2) is 9.86. The Balaban J connectivity index is 2.58. The average Bonchev–Trinajstić information content (AvgIpc) is 2.89. The first kappa shape index (κ1) is 19.9. The third-order valence-corrected chi connectivity index (χ3v) is 3.59. The first-order valence-corrected chi connectivity index (χ1v) is 8.54. The molecule has 0 aliphatic heterocycles. The molecule has 2 N–H and O–H groups in total. The van der Waals surface area contributed by atoms with Crippen molar-refractivity contribution in [3.8, 4) is 0 Å². The van der Waals surface area contributed by atoms with Gasteiger partial charge in [0.2, 0.25) is 5.91 Å². The van der Waals surface area contributed by atoms with Crippen molar-refractivity contribution in [1.29, 1.82) is 0 Å². The molecule has 0 aromatic carbocycles. The number of aryl methyl sites for hydroxylation is 1. The molecule has 1 heterocycles. The molecule has 0 spiro atoms. The molecule has 0 unspecified atom stereocenters. The van der Waals surface area contributed by atoms with Crippen LogP contribution in [0.2, 0.25) is 0 Å². The summed E-state index contributed by atoms with van der Waals surface area (Å²) in [5.74, 6) is -0.678. The maximum Gasteiger partial charge on any atom is 0.325 e. The van der Waals surface area contributed by atoms with Crippen molar-refractivity contribution in [2.24, 2.45) is 5.92 Å². The molecule has 0 saturated heterocycles. The summed E-state index contributed by atoms with van der Waals surface area (Å²) in [7, 11) is 0. The number of rotatable bonds is 8. The number of thiazole rings is 1. The number of nitrogens with zero attached hydrogens (tertiary/aromatic N) is 2. The van der Waals surface area contributed by atoms with E-state index in [-0.39, 0.29) is 31.5 Å². The van der Waals surface area contributed by atoms with Crippen LogP contribution < -0.4 is 10.6 Å². The molecule has 134 valence electrons. The smallest absolute Gasteiger partial charge is 0.325 e. The SMILES string of the molecule is CCOC(=O)CNC(=O)N(CC(=O)Nc1ncc(C)s1)CC(C)C. The van der Waals surface area contributed by atoms with Crippen molar-refractivity contribution in [1.82, 2.24) is 15.2 Å². The minimum atomic E-state index is -0.516. The molecule has 0 bridgehead atoms. The summed E-state index contributed by atoms with van der Waals surface area (Å²) >= 11 is 1.36. The Labute approximate surface area is 145 Å². The lowest BCUT2D eigenvalue weighted by Crippen LogP contribution is -2.47. The Morgan fingerprint density at radius 2 is 2.08 bits per heavy atom. The van der Waals surface area contributed by atoms with Crippen LogP contribution in [0.25, 0.3) is 0 Å². The van der Waals surface area contributed by atoms with Crippen LogP contribution >= 0.6 is 11.3 Å². The second-order valence-electron chi connectivity index (χ2n) is 5.56. The zero-order chi connectivity index (χ0) is 18.1. The number of hydrogen-bond donors (Lipinski definition) is 2. The standard InChI is InChI=1S/C15H24N4O4S/c1-5-23-13(21)7-17-15(22)19(8-10(2)3)9-12(20)18-14-16-6-11(4)24-14/h6,10H,5,7-9H2,1-4H3,(H,17,22)(H,16,18,20). The number of anilines is 1. The maximum absolute atomic E-state index is 12.2. The van der Waals surface area contributed by atoms with Gasteiger partial charge in [0.05, 0.1) is 6.61 Å². The fraction of sp³-hybridized carbons (Fsp3) is 0.600. The molecule has 1 rings (SSSR count). The number of ether oxygens (including phenoxy) is 1.